The zero-order valence-corrected chi connectivity index (χ0v) is 16.7. The van der Waals surface area contributed by atoms with Gasteiger partial charge in [-0.2, -0.15) is 4.98 Å². The van der Waals surface area contributed by atoms with Crippen molar-refractivity contribution in [1.82, 2.24) is 19.5 Å². The van der Waals surface area contributed by atoms with Crippen molar-refractivity contribution in [3.05, 3.63) is 29.8 Å². The summed E-state index contributed by atoms with van der Waals surface area (Å²) in [5.74, 6) is -0.857. The smallest absolute Gasteiger partial charge is 0.339 e. The molecule has 12 heteroatoms. The number of esters is 1. The predicted molar refractivity (Wildman–Crippen MR) is 99.1 cm³/mol. The normalized spacial score (nSPS) is 11.3. The standard InChI is InChI=1S/C15H19N5O5S2/c1-9(2)25-12(21)10-7-5-6-8-11(10)27(23,24)19-14(22)16-13-17-15(26-4)20(3)18-13/h5-9H,1-4H3,(H2,16,18,19,22). The first kappa shape index (κ1) is 20.7. The summed E-state index contributed by atoms with van der Waals surface area (Å²) in [5, 5.41) is 6.73. The lowest BCUT2D eigenvalue weighted by molar-refractivity contribution is 0.0373. The molecule has 146 valence electrons. The van der Waals surface area contributed by atoms with E-state index in [0.717, 1.165) is 0 Å². The maximum absolute atomic E-state index is 12.5. The van der Waals surface area contributed by atoms with E-state index in [0.29, 0.717) is 5.16 Å². The zero-order valence-electron chi connectivity index (χ0n) is 15.1. The molecule has 2 rings (SSSR count). The summed E-state index contributed by atoms with van der Waals surface area (Å²) in [6, 6.07) is 4.39. The summed E-state index contributed by atoms with van der Waals surface area (Å²) in [4.78, 5) is 27.8. The topological polar surface area (TPSA) is 132 Å². The van der Waals surface area contributed by atoms with Crippen molar-refractivity contribution in [2.75, 3.05) is 11.6 Å². The van der Waals surface area contributed by atoms with Crippen LogP contribution in [0, 0.1) is 0 Å². The van der Waals surface area contributed by atoms with Crippen LogP contribution >= 0.6 is 11.8 Å². The van der Waals surface area contributed by atoms with E-state index in [2.05, 4.69) is 15.4 Å². The number of thioether (sulfide) groups is 1. The van der Waals surface area contributed by atoms with Crippen LogP contribution in [-0.4, -0.2) is 47.5 Å². The van der Waals surface area contributed by atoms with Crippen molar-refractivity contribution in [3.8, 4) is 0 Å². The molecule has 0 saturated carbocycles. The Kier molecular flexibility index (Phi) is 6.44. The van der Waals surface area contributed by atoms with E-state index in [9.17, 15) is 18.0 Å². The van der Waals surface area contributed by atoms with Crippen LogP contribution in [0.25, 0.3) is 0 Å². The summed E-state index contributed by atoms with van der Waals surface area (Å²) >= 11 is 1.31. The number of carbonyl (C=O) groups excluding carboxylic acids is 2. The van der Waals surface area contributed by atoms with Crippen molar-refractivity contribution < 1.29 is 22.7 Å². The lowest BCUT2D eigenvalue weighted by Crippen LogP contribution is -2.35. The van der Waals surface area contributed by atoms with Crippen molar-refractivity contribution in [2.45, 2.75) is 30.0 Å². The maximum Gasteiger partial charge on any atom is 0.339 e. The van der Waals surface area contributed by atoms with Crippen LogP contribution < -0.4 is 10.0 Å². The number of sulfonamides is 1. The van der Waals surface area contributed by atoms with Gasteiger partial charge in [0.25, 0.3) is 16.0 Å². The highest BCUT2D eigenvalue weighted by molar-refractivity contribution is 7.98. The minimum absolute atomic E-state index is 0.0537. The Morgan fingerprint density at radius 1 is 1.26 bits per heavy atom. The third kappa shape index (κ3) is 5.20. The Labute approximate surface area is 160 Å². The molecule has 1 aromatic heterocycles. The van der Waals surface area contributed by atoms with Crippen molar-refractivity contribution in [2.24, 2.45) is 7.05 Å². The second-order valence-corrected chi connectivity index (χ2v) is 7.98. The first-order valence-corrected chi connectivity index (χ1v) is 10.4. The molecule has 2 amide bonds. The van der Waals surface area contributed by atoms with E-state index in [4.69, 9.17) is 4.74 Å². The first-order chi connectivity index (χ1) is 12.6. The number of nitrogens with zero attached hydrogens (tertiary/aromatic N) is 3. The molecule has 1 heterocycles. The van der Waals surface area contributed by atoms with Gasteiger partial charge in [-0.1, -0.05) is 23.9 Å². The fourth-order valence-corrected chi connectivity index (χ4v) is 3.64. The van der Waals surface area contributed by atoms with E-state index in [1.54, 1.807) is 27.2 Å². The molecular formula is C15H19N5O5S2. The molecule has 0 spiro atoms. The largest absolute Gasteiger partial charge is 0.459 e. The molecule has 0 aliphatic rings. The number of aryl methyl sites for hydroxylation is 1. The SMILES string of the molecule is CSc1nc(NC(=O)NS(=O)(=O)c2ccccc2C(=O)OC(C)C)nn1C. The number of benzene rings is 1. The highest BCUT2D eigenvalue weighted by Crippen LogP contribution is 2.18. The number of carbonyl (C=O) groups is 2. The van der Waals surface area contributed by atoms with Crippen LogP contribution in [0.15, 0.2) is 34.3 Å². The minimum atomic E-state index is -4.33. The summed E-state index contributed by atoms with van der Waals surface area (Å²) in [5.41, 5.74) is -0.174. The highest BCUT2D eigenvalue weighted by atomic mass is 32.2. The quantitative estimate of drug-likeness (QED) is 0.539. The molecule has 1 aromatic carbocycles. The average molecular weight is 413 g/mol. The molecular weight excluding hydrogens is 394 g/mol. The van der Waals surface area contributed by atoms with Gasteiger partial charge in [0.05, 0.1) is 11.7 Å². The van der Waals surface area contributed by atoms with E-state index < -0.39 is 28.1 Å². The first-order valence-electron chi connectivity index (χ1n) is 7.73. The Hall–Kier alpha value is -2.60. The predicted octanol–water partition coefficient (Wildman–Crippen LogP) is 1.61. The van der Waals surface area contributed by atoms with Crippen LogP contribution in [0.2, 0.25) is 0 Å². The second kappa shape index (κ2) is 8.39. The third-order valence-electron chi connectivity index (χ3n) is 3.10. The Morgan fingerprint density at radius 2 is 1.93 bits per heavy atom. The second-order valence-electron chi connectivity index (χ2n) is 5.56. The average Bonchev–Trinajstić information content (AvgIpc) is 2.92. The highest BCUT2D eigenvalue weighted by Gasteiger charge is 2.26. The van der Waals surface area contributed by atoms with Crippen molar-refractivity contribution >= 4 is 39.7 Å². The molecule has 0 aliphatic carbocycles. The fourth-order valence-electron chi connectivity index (χ4n) is 2.05. The Bertz CT molecular complexity index is 955. The molecule has 0 fully saturated rings. The zero-order chi connectivity index (χ0) is 20.2. The maximum atomic E-state index is 12.5. The van der Waals surface area contributed by atoms with Gasteiger partial charge in [0.1, 0.15) is 4.90 Å². The van der Waals surface area contributed by atoms with Gasteiger partial charge in [-0.05, 0) is 32.2 Å². The van der Waals surface area contributed by atoms with Crippen LogP contribution in [0.3, 0.4) is 0 Å². The van der Waals surface area contributed by atoms with Gasteiger partial charge in [-0.15, -0.1) is 5.10 Å². The van der Waals surface area contributed by atoms with Crippen molar-refractivity contribution in [1.29, 1.82) is 0 Å². The van der Waals surface area contributed by atoms with Crippen LogP contribution in [0.5, 0.6) is 0 Å². The minimum Gasteiger partial charge on any atom is -0.459 e. The summed E-state index contributed by atoms with van der Waals surface area (Å²) in [6.45, 7) is 3.28. The lowest BCUT2D eigenvalue weighted by atomic mass is 10.2. The van der Waals surface area contributed by atoms with Gasteiger partial charge in [-0.3, -0.25) is 5.32 Å². The van der Waals surface area contributed by atoms with E-state index in [1.807, 2.05) is 4.72 Å². The molecule has 0 radical (unpaired) electrons. The number of amides is 2. The van der Waals surface area contributed by atoms with Gasteiger partial charge in [0.2, 0.25) is 0 Å². The van der Waals surface area contributed by atoms with Gasteiger partial charge in [0.15, 0.2) is 5.16 Å². The number of hydrogen-bond donors (Lipinski definition) is 2. The van der Waals surface area contributed by atoms with E-state index in [1.165, 1.54) is 40.7 Å². The number of rotatable bonds is 6. The number of aromatic nitrogens is 3. The number of urea groups is 1. The number of nitrogens with one attached hydrogen (secondary N) is 2. The molecule has 0 bridgehead atoms. The number of hydrogen-bond acceptors (Lipinski definition) is 8. The van der Waals surface area contributed by atoms with Crippen LogP contribution in [0.1, 0.15) is 24.2 Å². The summed E-state index contributed by atoms with van der Waals surface area (Å²) in [6.07, 6.45) is 1.36. The van der Waals surface area contributed by atoms with Gasteiger partial charge >= 0.3 is 12.0 Å². The van der Waals surface area contributed by atoms with Crippen molar-refractivity contribution in [3.63, 3.8) is 0 Å². The van der Waals surface area contributed by atoms with Crippen LogP contribution in [-0.2, 0) is 21.8 Å². The number of anilines is 1. The molecule has 10 nitrogen and oxygen atoms in total. The third-order valence-corrected chi connectivity index (χ3v) is 5.21. The number of ether oxygens (including phenoxy) is 1. The van der Waals surface area contributed by atoms with E-state index >= 15 is 0 Å². The molecule has 27 heavy (non-hydrogen) atoms. The molecule has 2 aromatic rings. The molecule has 0 atom stereocenters. The summed E-state index contributed by atoms with van der Waals surface area (Å²) in [7, 11) is -2.70. The van der Waals surface area contributed by atoms with Crippen LogP contribution in [0.4, 0.5) is 10.7 Å². The molecule has 0 saturated heterocycles. The monoisotopic (exact) mass is 413 g/mol. The fraction of sp³-hybridized carbons (Fsp3) is 0.333. The Balaban J connectivity index is 2.21. The van der Waals surface area contributed by atoms with Gasteiger partial charge in [0, 0.05) is 7.05 Å². The van der Waals surface area contributed by atoms with E-state index in [-0.39, 0.29) is 16.4 Å². The summed E-state index contributed by atoms with van der Waals surface area (Å²) < 4.78 is 33.4. The Morgan fingerprint density at radius 3 is 2.52 bits per heavy atom. The van der Waals surface area contributed by atoms with Gasteiger partial charge < -0.3 is 4.74 Å². The lowest BCUT2D eigenvalue weighted by Gasteiger charge is -2.12. The van der Waals surface area contributed by atoms with Gasteiger partial charge in [-0.25, -0.2) is 27.4 Å². The molecule has 0 aliphatic heterocycles. The molecule has 0 unspecified atom stereocenters. The molecule has 2 N–H and O–H groups in total.